The Hall–Kier alpha value is -1.40. The van der Waals surface area contributed by atoms with Crippen molar-refractivity contribution >= 4 is 27.5 Å². The minimum absolute atomic E-state index is 0.0327. The minimum atomic E-state index is 0.0327. The van der Waals surface area contributed by atoms with Crippen molar-refractivity contribution in [1.82, 2.24) is 20.0 Å². The number of carbonyl (C=O) groups excluding carboxylic acids is 1. The number of likely N-dealkylation sites (tertiary alicyclic amines) is 1. The lowest BCUT2D eigenvalue weighted by Gasteiger charge is -2.33. The number of hydrogen-bond acceptors (Lipinski definition) is 4. The van der Waals surface area contributed by atoms with E-state index >= 15 is 0 Å². The number of aromatic nitrogens is 2. The zero-order valence-corrected chi connectivity index (χ0v) is 14.4. The first-order chi connectivity index (χ1) is 10.6. The van der Waals surface area contributed by atoms with Gasteiger partial charge in [0.1, 0.15) is 4.83 Å². The van der Waals surface area contributed by atoms with Crippen molar-refractivity contribution in [2.24, 2.45) is 7.05 Å². The fourth-order valence-corrected chi connectivity index (χ4v) is 4.25. The van der Waals surface area contributed by atoms with Crippen LogP contribution in [-0.2, 0) is 7.05 Å². The summed E-state index contributed by atoms with van der Waals surface area (Å²) in [6.45, 7) is 7.08. The summed E-state index contributed by atoms with van der Waals surface area (Å²) in [7, 11) is 1.92. The zero-order valence-electron chi connectivity index (χ0n) is 13.6. The molecule has 120 valence electrons. The van der Waals surface area contributed by atoms with E-state index in [4.69, 9.17) is 0 Å². The van der Waals surface area contributed by atoms with Crippen LogP contribution in [0.4, 0.5) is 0 Å². The molecule has 0 radical (unpaired) electrons. The molecule has 3 rings (SSSR count). The lowest BCUT2D eigenvalue weighted by molar-refractivity contribution is 0.0942. The summed E-state index contributed by atoms with van der Waals surface area (Å²) in [5.74, 6) is 0.0327. The standard InChI is InChI=1S/C16H24N4OS/c1-11-6-4-5-8-20(11)9-7-17-15(21)14-10-13-12(2)18-19(3)16(13)22-14/h10-11H,4-9H2,1-3H3,(H,17,21). The summed E-state index contributed by atoms with van der Waals surface area (Å²) in [5.41, 5.74) is 0.981. The van der Waals surface area contributed by atoms with Gasteiger partial charge in [-0.05, 0) is 39.3 Å². The average molecular weight is 320 g/mol. The molecular formula is C16H24N4OS. The third-order valence-electron chi connectivity index (χ3n) is 4.55. The molecule has 1 aliphatic heterocycles. The van der Waals surface area contributed by atoms with E-state index in [9.17, 15) is 4.79 Å². The van der Waals surface area contributed by atoms with E-state index in [2.05, 4.69) is 22.2 Å². The maximum Gasteiger partial charge on any atom is 0.261 e. The molecule has 0 saturated carbocycles. The molecule has 1 aliphatic rings. The van der Waals surface area contributed by atoms with Gasteiger partial charge in [-0.2, -0.15) is 5.10 Å². The van der Waals surface area contributed by atoms with E-state index in [1.807, 2.05) is 24.7 Å². The zero-order chi connectivity index (χ0) is 15.7. The molecule has 2 aromatic rings. The van der Waals surface area contributed by atoms with Crippen LogP contribution < -0.4 is 5.32 Å². The van der Waals surface area contributed by atoms with E-state index in [1.165, 1.54) is 30.6 Å². The maximum absolute atomic E-state index is 12.3. The second-order valence-electron chi connectivity index (χ2n) is 6.18. The molecule has 1 atom stereocenters. The lowest BCUT2D eigenvalue weighted by atomic mass is 10.0. The third kappa shape index (κ3) is 3.03. The van der Waals surface area contributed by atoms with Crippen LogP contribution in [0.5, 0.6) is 0 Å². The second kappa shape index (κ2) is 6.38. The maximum atomic E-state index is 12.3. The number of nitrogens with one attached hydrogen (secondary N) is 1. The Morgan fingerprint density at radius 3 is 3.05 bits per heavy atom. The molecule has 1 fully saturated rings. The Morgan fingerprint density at radius 1 is 1.50 bits per heavy atom. The molecular weight excluding hydrogens is 296 g/mol. The molecule has 1 unspecified atom stereocenters. The van der Waals surface area contributed by atoms with Crippen molar-refractivity contribution in [3.8, 4) is 0 Å². The van der Waals surface area contributed by atoms with E-state index in [-0.39, 0.29) is 5.91 Å². The predicted molar refractivity (Wildman–Crippen MR) is 90.5 cm³/mol. The Labute approximate surface area is 135 Å². The van der Waals surface area contributed by atoms with Crippen molar-refractivity contribution in [3.63, 3.8) is 0 Å². The number of aryl methyl sites for hydroxylation is 2. The highest BCUT2D eigenvalue weighted by Gasteiger charge is 2.18. The number of thiophene rings is 1. The fourth-order valence-electron chi connectivity index (χ4n) is 3.21. The molecule has 5 nitrogen and oxygen atoms in total. The molecule has 1 saturated heterocycles. The first kappa shape index (κ1) is 15.5. The normalized spacial score (nSPS) is 19.7. The summed E-state index contributed by atoms with van der Waals surface area (Å²) in [6, 6.07) is 2.60. The highest BCUT2D eigenvalue weighted by Crippen LogP contribution is 2.27. The van der Waals surface area contributed by atoms with Gasteiger partial charge in [-0.15, -0.1) is 11.3 Å². The van der Waals surface area contributed by atoms with E-state index in [0.717, 1.165) is 33.9 Å². The van der Waals surface area contributed by atoms with Crippen molar-refractivity contribution in [1.29, 1.82) is 0 Å². The van der Waals surface area contributed by atoms with Crippen LogP contribution in [0.3, 0.4) is 0 Å². The van der Waals surface area contributed by atoms with Gasteiger partial charge < -0.3 is 5.32 Å². The number of nitrogens with zero attached hydrogens (tertiary/aromatic N) is 3. The van der Waals surface area contributed by atoms with Crippen LogP contribution in [0.2, 0.25) is 0 Å². The van der Waals surface area contributed by atoms with Gasteiger partial charge in [0.2, 0.25) is 0 Å². The number of fused-ring (bicyclic) bond motifs is 1. The van der Waals surface area contributed by atoms with E-state index in [0.29, 0.717) is 12.6 Å². The Morgan fingerprint density at radius 2 is 2.32 bits per heavy atom. The summed E-state index contributed by atoms with van der Waals surface area (Å²) in [4.78, 5) is 16.6. The molecule has 0 aliphatic carbocycles. The monoisotopic (exact) mass is 320 g/mol. The summed E-state index contributed by atoms with van der Waals surface area (Å²) < 4.78 is 1.85. The van der Waals surface area contributed by atoms with Gasteiger partial charge in [0.15, 0.2) is 0 Å². The van der Waals surface area contributed by atoms with Crippen LogP contribution in [0.1, 0.15) is 41.6 Å². The van der Waals surface area contributed by atoms with Crippen molar-refractivity contribution in [3.05, 3.63) is 16.6 Å². The topological polar surface area (TPSA) is 50.2 Å². The largest absolute Gasteiger partial charge is 0.350 e. The quantitative estimate of drug-likeness (QED) is 0.942. The molecule has 3 heterocycles. The van der Waals surface area contributed by atoms with Gasteiger partial charge in [0.05, 0.1) is 10.6 Å². The van der Waals surface area contributed by atoms with Gasteiger partial charge in [0, 0.05) is 31.6 Å². The van der Waals surface area contributed by atoms with Gasteiger partial charge >= 0.3 is 0 Å². The number of hydrogen-bond donors (Lipinski definition) is 1. The first-order valence-corrected chi connectivity index (χ1v) is 8.83. The molecule has 0 aromatic carbocycles. The lowest BCUT2D eigenvalue weighted by Crippen LogP contribution is -2.42. The summed E-state index contributed by atoms with van der Waals surface area (Å²) >= 11 is 1.51. The van der Waals surface area contributed by atoms with Crippen LogP contribution >= 0.6 is 11.3 Å². The minimum Gasteiger partial charge on any atom is -0.350 e. The van der Waals surface area contributed by atoms with Crippen molar-refractivity contribution in [2.75, 3.05) is 19.6 Å². The molecule has 1 amide bonds. The number of rotatable bonds is 4. The smallest absolute Gasteiger partial charge is 0.261 e. The third-order valence-corrected chi connectivity index (χ3v) is 5.75. The molecule has 0 bridgehead atoms. The Bertz CT molecular complexity index is 641. The fraction of sp³-hybridized carbons (Fsp3) is 0.625. The summed E-state index contributed by atoms with van der Waals surface area (Å²) in [5, 5.41) is 8.51. The molecule has 2 aromatic heterocycles. The second-order valence-corrected chi connectivity index (χ2v) is 7.21. The van der Waals surface area contributed by atoms with Gasteiger partial charge in [-0.3, -0.25) is 14.4 Å². The van der Waals surface area contributed by atoms with Crippen LogP contribution in [0.15, 0.2) is 6.07 Å². The Kier molecular flexibility index (Phi) is 4.49. The molecule has 22 heavy (non-hydrogen) atoms. The number of carbonyl (C=O) groups is 1. The van der Waals surface area contributed by atoms with Gasteiger partial charge in [-0.25, -0.2) is 0 Å². The Balaban J connectivity index is 1.58. The highest BCUT2D eigenvalue weighted by molar-refractivity contribution is 7.20. The number of amides is 1. The molecule has 0 spiro atoms. The average Bonchev–Trinajstić information content (AvgIpc) is 3.04. The van der Waals surface area contributed by atoms with Crippen molar-refractivity contribution in [2.45, 2.75) is 39.2 Å². The SMILES string of the molecule is Cc1nn(C)c2sc(C(=O)NCCN3CCCCC3C)cc12. The highest BCUT2D eigenvalue weighted by atomic mass is 32.1. The van der Waals surface area contributed by atoms with Gasteiger partial charge in [-0.1, -0.05) is 6.42 Å². The van der Waals surface area contributed by atoms with Gasteiger partial charge in [0.25, 0.3) is 5.91 Å². The van der Waals surface area contributed by atoms with Crippen LogP contribution in [0.25, 0.3) is 10.2 Å². The summed E-state index contributed by atoms with van der Waals surface area (Å²) in [6.07, 6.45) is 3.89. The molecule has 1 N–H and O–H groups in total. The molecule has 6 heteroatoms. The van der Waals surface area contributed by atoms with Crippen LogP contribution in [-0.4, -0.2) is 46.3 Å². The predicted octanol–water partition coefficient (Wildman–Crippen LogP) is 2.55. The van der Waals surface area contributed by atoms with Crippen LogP contribution in [0, 0.1) is 6.92 Å². The van der Waals surface area contributed by atoms with E-state index < -0.39 is 0 Å². The first-order valence-electron chi connectivity index (χ1n) is 8.01. The van der Waals surface area contributed by atoms with E-state index in [1.54, 1.807) is 0 Å². The van der Waals surface area contributed by atoms with Crippen molar-refractivity contribution < 1.29 is 4.79 Å². The number of piperidine rings is 1.